The molecule has 3 amide bonds. The van der Waals surface area contributed by atoms with Crippen molar-refractivity contribution in [2.24, 2.45) is 9.98 Å². The summed E-state index contributed by atoms with van der Waals surface area (Å²) in [5.74, 6) is -0.339. The molecule has 3 aromatic carbocycles. The van der Waals surface area contributed by atoms with Crippen LogP contribution in [-0.4, -0.2) is 143 Å². The van der Waals surface area contributed by atoms with Gasteiger partial charge >= 0.3 is 0 Å². The van der Waals surface area contributed by atoms with Crippen molar-refractivity contribution in [3.05, 3.63) is 83.0 Å². The van der Waals surface area contributed by atoms with Crippen molar-refractivity contribution in [3.63, 3.8) is 0 Å². The van der Waals surface area contributed by atoms with E-state index in [1.54, 1.807) is 38.6 Å². The summed E-state index contributed by atoms with van der Waals surface area (Å²) in [6, 6.07) is 18.0. The van der Waals surface area contributed by atoms with Crippen LogP contribution < -0.4 is 30.9 Å². The number of amidine groups is 1. The minimum absolute atomic E-state index is 0.0308. The number of para-hydroxylation sites is 1. The van der Waals surface area contributed by atoms with Gasteiger partial charge in [0, 0.05) is 94.3 Å². The normalized spacial score (nSPS) is 17.4. The Kier molecular flexibility index (Phi) is 15.8. The van der Waals surface area contributed by atoms with Gasteiger partial charge < -0.3 is 39.8 Å². The third-order valence-electron chi connectivity index (χ3n) is 11.7. The van der Waals surface area contributed by atoms with Crippen LogP contribution in [0.3, 0.4) is 0 Å². The quantitative estimate of drug-likeness (QED) is 0.0361. The zero-order valence-electron chi connectivity index (χ0n) is 35.9. The predicted octanol–water partition coefficient (Wildman–Crippen LogP) is 5.64. The second kappa shape index (κ2) is 21.2. The molecule has 0 aromatic heterocycles. The molecule has 0 bridgehead atoms. The summed E-state index contributed by atoms with van der Waals surface area (Å²) >= 11 is 6.62. The highest BCUT2D eigenvalue weighted by Gasteiger charge is 2.41. The Morgan fingerprint density at radius 3 is 2.42 bits per heavy atom. The Hall–Kier alpha value is -5.34. The molecule has 17 heteroatoms. The fourth-order valence-electron chi connectivity index (χ4n) is 8.31. The Morgan fingerprint density at radius 2 is 1.74 bits per heavy atom. The van der Waals surface area contributed by atoms with Crippen molar-refractivity contribution in [1.29, 1.82) is 0 Å². The number of rotatable bonds is 18. The average molecular weight is 886 g/mol. The molecule has 0 aliphatic carbocycles. The standard InChI is InChI=1S/C45H57ClN9O6P/c1-47-29-35(46)43(51-37-11-6-7-13-40(37)62(4,5)60)50-36-16-14-32(28-39(36)61-3)53-22-18-31(19-23-53)54-26-24-52(25-27-54)21-9-20-49-38-12-8-10-34-42(38)45(59)55(44(34)58)33(30-56)15-17-41(57)48-2/h6-8,10-14,16,28-31,33,49H,1,9,15,17-27H2,2-5H3,(H,48,57)(H,50,51)/b35-29+. The summed E-state index contributed by atoms with van der Waals surface area (Å²) in [5.41, 5.74) is 3.41. The topological polar surface area (TPSA) is 168 Å². The number of aldehydes is 1. The van der Waals surface area contributed by atoms with Gasteiger partial charge in [-0.1, -0.05) is 29.8 Å². The van der Waals surface area contributed by atoms with Gasteiger partial charge in [0.15, 0.2) is 5.84 Å². The van der Waals surface area contributed by atoms with Crippen molar-refractivity contribution in [2.45, 2.75) is 44.2 Å². The van der Waals surface area contributed by atoms with Crippen LogP contribution in [0.15, 0.2) is 81.9 Å². The maximum Gasteiger partial charge on any atom is 0.264 e. The Labute approximate surface area is 369 Å². The molecule has 0 spiro atoms. The summed E-state index contributed by atoms with van der Waals surface area (Å²) in [6.45, 7) is 14.3. The van der Waals surface area contributed by atoms with Gasteiger partial charge in [-0.2, -0.15) is 0 Å². The number of nitrogens with zero attached hydrogens (tertiary/aromatic N) is 6. The Morgan fingerprint density at radius 1 is 1.00 bits per heavy atom. The number of carbonyl (C=O) groups excluding carboxylic acids is 4. The number of hydrogen-bond donors (Lipinski definition) is 3. The van der Waals surface area contributed by atoms with Gasteiger partial charge in [0.05, 0.1) is 35.7 Å². The fraction of sp³-hybridized carbons (Fsp3) is 0.422. The zero-order valence-corrected chi connectivity index (χ0v) is 37.6. The molecule has 2 fully saturated rings. The lowest BCUT2D eigenvalue weighted by molar-refractivity contribution is -0.121. The molecular weight excluding hydrogens is 829 g/mol. The minimum Gasteiger partial charge on any atom is -0.494 e. The number of amides is 3. The molecule has 2 saturated heterocycles. The van der Waals surface area contributed by atoms with E-state index < -0.39 is 25.0 Å². The van der Waals surface area contributed by atoms with E-state index in [1.165, 1.54) is 13.2 Å². The van der Waals surface area contributed by atoms with Gasteiger partial charge in [-0.15, -0.1) is 0 Å². The predicted molar refractivity (Wildman–Crippen MR) is 249 cm³/mol. The lowest BCUT2D eigenvalue weighted by Gasteiger charge is -2.43. The van der Waals surface area contributed by atoms with E-state index >= 15 is 0 Å². The zero-order chi connectivity index (χ0) is 44.4. The lowest BCUT2D eigenvalue weighted by Crippen LogP contribution is -2.53. The van der Waals surface area contributed by atoms with Gasteiger partial charge in [0.2, 0.25) is 5.91 Å². The van der Waals surface area contributed by atoms with Crippen molar-refractivity contribution in [3.8, 4) is 5.75 Å². The fourth-order valence-corrected chi connectivity index (χ4v) is 9.59. The van der Waals surface area contributed by atoms with Gasteiger partial charge in [-0.25, -0.2) is 4.99 Å². The SMILES string of the molecule is C=N/C=C(/Cl)C(=Nc1ccccc1P(C)(C)=O)Nc1ccc(N2CCC(N3CCN(CCCNc4cccc5c4C(=O)N(C(C=O)CCC(=O)NC)C5=O)CC3)CC2)cc1OC. The Bertz CT molecular complexity index is 2250. The smallest absolute Gasteiger partial charge is 0.264 e. The lowest BCUT2D eigenvalue weighted by atomic mass is 10.0. The molecule has 3 N–H and O–H groups in total. The largest absolute Gasteiger partial charge is 0.494 e. The number of carbonyl (C=O) groups is 4. The van der Waals surface area contributed by atoms with Crippen molar-refractivity contribution >= 4 is 83.4 Å². The first-order valence-corrected chi connectivity index (χ1v) is 24.0. The molecule has 15 nitrogen and oxygen atoms in total. The molecule has 62 heavy (non-hydrogen) atoms. The molecule has 0 saturated carbocycles. The molecule has 3 aliphatic heterocycles. The van der Waals surface area contributed by atoms with Crippen LogP contribution in [0.1, 0.15) is 52.8 Å². The number of methoxy groups -OCH3 is 1. The van der Waals surface area contributed by atoms with E-state index in [0.717, 1.165) is 75.7 Å². The highest BCUT2D eigenvalue weighted by Crippen LogP contribution is 2.39. The number of hydrogen-bond acceptors (Lipinski definition) is 12. The van der Waals surface area contributed by atoms with Crippen LogP contribution in [0, 0.1) is 0 Å². The molecule has 0 radical (unpaired) electrons. The number of aliphatic imine (C=N–C) groups is 2. The first kappa shape index (κ1) is 46.2. The van der Waals surface area contributed by atoms with Crippen LogP contribution in [0.25, 0.3) is 0 Å². The maximum atomic E-state index is 13.4. The second-order valence-electron chi connectivity index (χ2n) is 16.0. The first-order valence-electron chi connectivity index (χ1n) is 21.0. The third kappa shape index (κ3) is 11.0. The van der Waals surface area contributed by atoms with Crippen LogP contribution in [0.5, 0.6) is 5.75 Å². The van der Waals surface area contributed by atoms with E-state index in [0.29, 0.717) is 52.8 Å². The summed E-state index contributed by atoms with van der Waals surface area (Å²) in [4.78, 5) is 67.3. The minimum atomic E-state index is -2.62. The van der Waals surface area contributed by atoms with Gasteiger partial charge in [0.25, 0.3) is 11.8 Å². The highest BCUT2D eigenvalue weighted by molar-refractivity contribution is 7.70. The molecule has 330 valence electrons. The van der Waals surface area contributed by atoms with Gasteiger partial charge in [-0.05, 0) is 88.7 Å². The van der Waals surface area contributed by atoms with Crippen molar-refractivity contribution in [1.82, 2.24) is 20.0 Å². The summed E-state index contributed by atoms with van der Waals surface area (Å²) in [5, 5.41) is 10.1. The highest BCUT2D eigenvalue weighted by atomic mass is 35.5. The van der Waals surface area contributed by atoms with Crippen LogP contribution in [0.4, 0.5) is 22.7 Å². The third-order valence-corrected chi connectivity index (χ3v) is 13.5. The average Bonchev–Trinajstić information content (AvgIpc) is 3.54. The molecular formula is C45H57ClN9O6P. The number of nitrogens with one attached hydrogen (secondary N) is 3. The van der Waals surface area contributed by atoms with Crippen LogP contribution in [-0.2, 0) is 14.2 Å². The molecule has 3 aliphatic rings. The van der Waals surface area contributed by atoms with E-state index in [4.69, 9.17) is 21.3 Å². The van der Waals surface area contributed by atoms with Crippen molar-refractivity contribution in [2.75, 3.05) is 95.4 Å². The molecule has 3 heterocycles. The number of piperidine rings is 1. The summed E-state index contributed by atoms with van der Waals surface area (Å²) in [6.07, 6.45) is 5.03. The van der Waals surface area contributed by atoms with E-state index in [2.05, 4.69) is 48.4 Å². The number of ether oxygens (including phenoxy) is 1. The van der Waals surface area contributed by atoms with Gasteiger partial charge in [-0.3, -0.25) is 29.2 Å². The summed E-state index contributed by atoms with van der Waals surface area (Å²) < 4.78 is 18.9. The van der Waals surface area contributed by atoms with Crippen LogP contribution in [0.2, 0.25) is 0 Å². The first-order chi connectivity index (χ1) is 29.9. The van der Waals surface area contributed by atoms with E-state index in [1.807, 2.05) is 36.4 Å². The number of imide groups is 1. The monoisotopic (exact) mass is 885 g/mol. The number of halogens is 1. The Balaban J connectivity index is 0.974. The number of fused-ring (bicyclic) bond motifs is 1. The number of piperazine rings is 1. The van der Waals surface area contributed by atoms with Crippen LogP contribution >= 0.6 is 18.7 Å². The maximum absolute atomic E-state index is 13.4. The van der Waals surface area contributed by atoms with E-state index in [-0.39, 0.29) is 34.9 Å². The molecule has 1 atom stereocenters. The molecule has 6 rings (SSSR count). The molecule has 1 unspecified atom stereocenters. The van der Waals surface area contributed by atoms with Gasteiger partial charge in [0.1, 0.15) is 24.2 Å². The second-order valence-corrected chi connectivity index (χ2v) is 19.6. The number of anilines is 3. The summed E-state index contributed by atoms with van der Waals surface area (Å²) in [7, 11) is 0.508. The number of benzene rings is 3. The molecule has 3 aromatic rings. The van der Waals surface area contributed by atoms with Crippen molar-refractivity contribution < 1.29 is 28.5 Å². The van der Waals surface area contributed by atoms with E-state index in [9.17, 15) is 23.7 Å².